The molecule has 1 saturated heterocycles. The Morgan fingerprint density at radius 2 is 2.18 bits per heavy atom. The number of ether oxygens (including phenoxy) is 1. The Morgan fingerprint density at radius 1 is 1.36 bits per heavy atom. The molecular formula is C15H21N5OS. The van der Waals surface area contributed by atoms with Crippen LogP contribution in [0.1, 0.15) is 18.7 Å². The molecule has 0 saturated carbocycles. The van der Waals surface area contributed by atoms with Crippen LogP contribution in [-0.4, -0.2) is 47.6 Å². The summed E-state index contributed by atoms with van der Waals surface area (Å²) in [6, 6.07) is 6.57. The summed E-state index contributed by atoms with van der Waals surface area (Å²) in [6.07, 6.45) is 4.05. The SMILES string of the molecule is COCc1nsc(N2CCC(N(C)c3ccccn3)CC2)n1. The first-order valence-electron chi connectivity index (χ1n) is 7.48. The molecule has 7 heteroatoms. The molecule has 6 nitrogen and oxygen atoms in total. The first-order valence-corrected chi connectivity index (χ1v) is 8.25. The fourth-order valence-corrected chi connectivity index (χ4v) is 3.48. The van der Waals surface area contributed by atoms with Crippen LogP contribution in [0.5, 0.6) is 0 Å². The summed E-state index contributed by atoms with van der Waals surface area (Å²) in [5.41, 5.74) is 0. The van der Waals surface area contributed by atoms with Gasteiger partial charge in [0, 0.05) is 51.0 Å². The first-order chi connectivity index (χ1) is 10.8. The summed E-state index contributed by atoms with van der Waals surface area (Å²) in [5, 5.41) is 1.01. The van der Waals surface area contributed by atoms with E-state index in [-0.39, 0.29) is 0 Å². The van der Waals surface area contributed by atoms with Crippen LogP contribution in [-0.2, 0) is 11.3 Å². The van der Waals surface area contributed by atoms with E-state index in [1.807, 2.05) is 18.3 Å². The Labute approximate surface area is 134 Å². The van der Waals surface area contributed by atoms with Crippen LogP contribution in [0.3, 0.4) is 0 Å². The molecule has 0 atom stereocenters. The third kappa shape index (κ3) is 3.36. The van der Waals surface area contributed by atoms with Crippen molar-refractivity contribution in [3.05, 3.63) is 30.2 Å². The largest absolute Gasteiger partial charge is 0.377 e. The van der Waals surface area contributed by atoms with E-state index in [0.717, 1.165) is 42.7 Å². The molecule has 1 aliphatic rings. The Hall–Kier alpha value is -1.73. The lowest BCUT2D eigenvalue weighted by atomic mass is 10.0. The van der Waals surface area contributed by atoms with E-state index in [9.17, 15) is 0 Å². The van der Waals surface area contributed by atoms with Gasteiger partial charge in [-0.3, -0.25) is 0 Å². The predicted molar refractivity (Wildman–Crippen MR) is 88.5 cm³/mol. The van der Waals surface area contributed by atoms with Crippen LogP contribution >= 0.6 is 11.5 Å². The molecule has 3 rings (SSSR count). The number of hydrogen-bond acceptors (Lipinski definition) is 7. The van der Waals surface area contributed by atoms with E-state index in [1.54, 1.807) is 7.11 Å². The second-order valence-corrected chi connectivity index (χ2v) is 6.17. The number of anilines is 2. The molecule has 1 fully saturated rings. The normalized spacial score (nSPS) is 16.0. The van der Waals surface area contributed by atoms with Crippen LogP contribution in [0, 0.1) is 0 Å². The van der Waals surface area contributed by atoms with Crippen LogP contribution < -0.4 is 9.80 Å². The smallest absolute Gasteiger partial charge is 0.205 e. The minimum atomic E-state index is 0.482. The predicted octanol–water partition coefficient (Wildman–Crippen LogP) is 2.18. The van der Waals surface area contributed by atoms with Gasteiger partial charge in [-0.2, -0.15) is 4.37 Å². The summed E-state index contributed by atoms with van der Waals surface area (Å²) in [5.74, 6) is 1.81. The summed E-state index contributed by atoms with van der Waals surface area (Å²) in [4.78, 5) is 13.6. The average molecular weight is 319 g/mol. The first kappa shape index (κ1) is 15.2. The molecule has 0 radical (unpaired) electrons. The van der Waals surface area contributed by atoms with Crippen LogP contribution in [0.4, 0.5) is 10.9 Å². The minimum absolute atomic E-state index is 0.482. The fourth-order valence-electron chi connectivity index (χ4n) is 2.75. The molecule has 0 N–H and O–H groups in total. The van der Waals surface area contributed by atoms with Crippen molar-refractivity contribution in [1.29, 1.82) is 0 Å². The minimum Gasteiger partial charge on any atom is -0.377 e. The number of nitrogens with zero attached hydrogens (tertiary/aromatic N) is 5. The third-order valence-corrected chi connectivity index (χ3v) is 4.84. The van der Waals surface area contributed by atoms with Gasteiger partial charge in [0.05, 0.1) is 0 Å². The van der Waals surface area contributed by atoms with E-state index < -0.39 is 0 Å². The lowest BCUT2D eigenvalue weighted by Gasteiger charge is -2.37. The van der Waals surface area contributed by atoms with E-state index in [0.29, 0.717) is 12.6 Å². The molecule has 118 valence electrons. The summed E-state index contributed by atoms with van der Waals surface area (Å²) in [6.45, 7) is 2.49. The van der Waals surface area contributed by atoms with Gasteiger partial charge in [0.2, 0.25) is 5.13 Å². The number of pyridine rings is 1. The Kier molecular flexibility index (Phi) is 4.84. The van der Waals surface area contributed by atoms with E-state index >= 15 is 0 Å². The molecule has 3 heterocycles. The van der Waals surface area contributed by atoms with Gasteiger partial charge in [-0.1, -0.05) is 6.07 Å². The van der Waals surface area contributed by atoms with Gasteiger partial charge < -0.3 is 14.5 Å². The van der Waals surface area contributed by atoms with Crippen LogP contribution in [0.15, 0.2) is 24.4 Å². The zero-order valence-corrected chi connectivity index (χ0v) is 13.8. The van der Waals surface area contributed by atoms with Crippen molar-refractivity contribution in [2.45, 2.75) is 25.5 Å². The molecular weight excluding hydrogens is 298 g/mol. The number of piperidine rings is 1. The van der Waals surface area contributed by atoms with Crippen molar-refractivity contribution in [2.75, 3.05) is 37.0 Å². The van der Waals surface area contributed by atoms with Gasteiger partial charge >= 0.3 is 0 Å². The van der Waals surface area contributed by atoms with Crippen molar-refractivity contribution < 1.29 is 4.74 Å². The topological polar surface area (TPSA) is 54.4 Å². The molecule has 2 aromatic heterocycles. The molecule has 1 aliphatic heterocycles. The fraction of sp³-hybridized carbons (Fsp3) is 0.533. The number of aromatic nitrogens is 3. The van der Waals surface area contributed by atoms with Gasteiger partial charge in [-0.05, 0) is 25.0 Å². The Morgan fingerprint density at radius 3 is 2.86 bits per heavy atom. The molecule has 0 unspecified atom stereocenters. The number of methoxy groups -OCH3 is 1. The van der Waals surface area contributed by atoms with E-state index in [2.05, 4.69) is 37.3 Å². The average Bonchev–Trinajstić information content (AvgIpc) is 3.04. The summed E-state index contributed by atoms with van der Waals surface area (Å²) < 4.78 is 9.40. The monoisotopic (exact) mass is 319 g/mol. The highest BCUT2D eigenvalue weighted by Crippen LogP contribution is 2.25. The maximum absolute atomic E-state index is 5.08. The zero-order chi connectivity index (χ0) is 15.4. The molecule has 2 aromatic rings. The highest BCUT2D eigenvalue weighted by atomic mass is 32.1. The maximum atomic E-state index is 5.08. The highest BCUT2D eigenvalue weighted by molar-refractivity contribution is 7.09. The van der Waals surface area contributed by atoms with Crippen molar-refractivity contribution in [3.63, 3.8) is 0 Å². The molecule has 0 bridgehead atoms. The number of rotatable bonds is 5. The second-order valence-electron chi connectivity index (χ2n) is 5.44. The van der Waals surface area contributed by atoms with Crippen molar-refractivity contribution in [1.82, 2.24) is 14.3 Å². The quantitative estimate of drug-likeness (QED) is 0.842. The van der Waals surface area contributed by atoms with Crippen molar-refractivity contribution >= 4 is 22.5 Å². The van der Waals surface area contributed by atoms with Gasteiger partial charge in [0.15, 0.2) is 5.82 Å². The Bertz CT molecular complexity index is 583. The van der Waals surface area contributed by atoms with E-state index in [4.69, 9.17) is 4.74 Å². The highest BCUT2D eigenvalue weighted by Gasteiger charge is 2.25. The van der Waals surface area contributed by atoms with Crippen molar-refractivity contribution in [3.8, 4) is 0 Å². The summed E-state index contributed by atoms with van der Waals surface area (Å²) >= 11 is 1.46. The van der Waals surface area contributed by atoms with Gasteiger partial charge in [-0.15, -0.1) is 0 Å². The number of hydrogen-bond donors (Lipinski definition) is 0. The second kappa shape index (κ2) is 7.02. The maximum Gasteiger partial charge on any atom is 0.205 e. The zero-order valence-electron chi connectivity index (χ0n) is 13.0. The molecule has 0 amide bonds. The molecule has 0 aliphatic carbocycles. The van der Waals surface area contributed by atoms with E-state index in [1.165, 1.54) is 11.5 Å². The van der Waals surface area contributed by atoms with Crippen molar-refractivity contribution in [2.24, 2.45) is 0 Å². The van der Waals surface area contributed by atoms with Crippen LogP contribution in [0.25, 0.3) is 0 Å². The molecule has 22 heavy (non-hydrogen) atoms. The molecule has 0 spiro atoms. The third-order valence-electron chi connectivity index (χ3n) is 4.02. The lowest BCUT2D eigenvalue weighted by molar-refractivity contribution is 0.179. The summed E-state index contributed by atoms with van der Waals surface area (Å²) in [7, 11) is 3.80. The van der Waals surface area contributed by atoms with Gasteiger partial charge in [-0.25, -0.2) is 9.97 Å². The van der Waals surface area contributed by atoms with Gasteiger partial charge in [0.1, 0.15) is 12.4 Å². The lowest BCUT2D eigenvalue weighted by Crippen LogP contribution is -2.43. The molecule has 0 aromatic carbocycles. The van der Waals surface area contributed by atoms with Gasteiger partial charge in [0.25, 0.3) is 0 Å². The van der Waals surface area contributed by atoms with Crippen LogP contribution in [0.2, 0.25) is 0 Å². The Balaban J connectivity index is 1.57. The standard InChI is InChI=1S/C15H21N5OS/c1-19(14-5-3-4-8-16-14)12-6-9-20(10-7-12)15-17-13(11-21-2)18-22-15/h3-5,8,12H,6-7,9-11H2,1-2H3.